The summed E-state index contributed by atoms with van der Waals surface area (Å²) in [5.41, 5.74) is 2.00. The number of hydrogen-bond donors (Lipinski definition) is 0. The van der Waals surface area contributed by atoms with Crippen LogP contribution in [-0.4, -0.2) is 19.7 Å². The van der Waals surface area contributed by atoms with E-state index in [4.69, 9.17) is 0 Å². The lowest BCUT2D eigenvalue weighted by Crippen LogP contribution is -2.00. The zero-order valence-electron chi connectivity index (χ0n) is 9.06. The van der Waals surface area contributed by atoms with Crippen LogP contribution >= 0.6 is 0 Å². The molecule has 82 valence electrons. The Morgan fingerprint density at radius 2 is 1.59 bits per heavy atom. The van der Waals surface area contributed by atoms with E-state index >= 15 is 0 Å². The fourth-order valence-corrected chi connectivity index (χ4v) is 1.61. The van der Waals surface area contributed by atoms with Crippen molar-refractivity contribution < 1.29 is 0 Å². The average molecular weight is 222 g/mol. The van der Waals surface area contributed by atoms with Crippen LogP contribution in [0.3, 0.4) is 0 Å². The van der Waals surface area contributed by atoms with Gasteiger partial charge in [-0.1, -0.05) is 30.3 Å². The van der Waals surface area contributed by atoms with Crippen molar-refractivity contribution in [3.63, 3.8) is 0 Å². The second-order valence-corrected chi connectivity index (χ2v) is 3.56. The Bertz CT molecular complexity index is 548. The molecule has 0 amide bonds. The minimum atomic E-state index is 0.578. The zero-order chi connectivity index (χ0) is 11.5. The lowest BCUT2D eigenvalue weighted by molar-refractivity contribution is 0.811. The molecule has 0 aliphatic heterocycles. The van der Waals surface area contributed by atoms with Gasteiger partial charge >= 0.3 is 0 Å². The zero-order valence-corrected chi connectivity index (χ0v) is 9.06. The largest absolute Gasteiger partial charge is 0.250 e. The summed E-state index contributed by atoms with van der Waals surface area (Å²) in [6.45, 7) is 0. The summed E-state index contributed by atoms with van der Waals surface area (Å²) in [5, 5.41) is 4.44. The molecule has 4 nitrogen and oxygen atoms in total. The second kappa shape index (κ2) is 4.17. The summed E-state index contributed by atoms with van der Waals surface area (Å²) < 4.78 is 1.67. The maximum Gasteiger partial charge on any atom is 0.250 e. The van der Waals surface area contributed by atoms with Gasteiger partial charge in [0.15, 0.2) is 0 Å². The number of hydrogen-bond acceptors (Lipinski definition) is 3. The molecule has 0 unspecified atom stereocenters. The molecule has 17 heavy (non-hydrogen) atoms. The smallest absolute Gasteiger partial charge is 0.220 e. The number of benzene rings is 1. The van der Waals surface area contributed by atoms with Crippen LogP contribution < -0.4 is 0 Å². The van der Waals surface area contributed by atoms with Crippen molar-refractivity contribution >= 4 is 0 Å². The average Bonchev–Trinajstić information content (AvgIpc) is 2.90. The second-order valence-electron chi connectivity index (χ2n) is 3.56. The molecule has 0 N–H and O–H groups in total. The molecule has 0 saturated carbocycles. The van der Waals surface area contributed by atoms with Crippen molar-refractivity contribution in [2.45, 2.75) is 0 Å². The molecule has 1 aromatic carbocycles. The van der Waals surface area contributed by atoms with Crippen LogP contribution in [0.2, 0.25) is 0 Å². The van der Waals surface area contributed by atoms with Gasteiger partial charge in [0.05, 0.1) is 5.69 Å². The van der Waals surface area contributed by atoms with E-state index in [-0.39, 0.29) is 0 Å². The van der Waals surface area contributed by atoms with Gasteiger partial charge in [0.2, 0.25) is 5.95 Å². The summed E-state index contributed by atoms with van der Waals surface area (Å²) in [5.74, 6) is 0.578. The van der Waals surface area contributed by atoms with Gasteiger partial charge in [-0.3, -0.25) is 0 Å². The highest BCUT2D eigenvalue weighted by Crippen LogP contribution is 2.16. The van der Waals surface area contributed by atoms with Crippen molar-refractivity contribution in [3.8, 4) is 17.2 Å². The van der Waals surface area contributed by atoms with Crippen LogP contribution in [0.15, 0.2) is 61.1 Å². The highest BCUT2D eigenvalue weighted by atomic mass is 15.3. The summed E-state index contributed by atoms with van der Waals surface area (Å²) in [6, 6.07) is 13.8. The quantitative estimate of drug-likeness (QED) is 0.668. The Morgan fingerprint density at radius 1 is 0.824 bits per heavy atom. The summed E-state index contributed by atoms with van der Waals surface area (Å²) in [4.78, 5) is 8.29. The predicted molar refractivity (Wildman–Crippen MR) is 64.6 cm³/mol. The van der Waals surface area contributed by atoms with E-state index in [9.17, 15) is 0 Å². The predicted octanol–water partition coefficient (Wildman–Crippen LogP) is 2.33. The fraction of sp³-hybridized carbons (Fsp3) is 0. The number of nitrogens with zero attached hydrogens (tertiary/aromatic N) is 4. The van der Waals surface area contributed by atoms with Crippen molar-refractivity contribution in [2.75, 3.05) is 0 Å². The van der Waals surface area contributed by atoms with Gasteiger partial charge in [-0.15, -0.1) is 0 Å². The maximum atomic E-state index is 4.44. The molecule has 2 heterocycles. The van der Waals surface area contributed by atoms with Crippen LogP contribution in [0.4, 0.5) is 0 Å². The van der Waals surface area contributed by atoms with E-state index in [1.54, 1.807) is 23.1 Å². The van der Waals surface area contributed by atoms with Gasteiger partial charge in [-0.05, 0) is 12.1 Å². The molecular formula is C13H10N4. The third-order valence-corrected chi connectivity index (χ3v) is 2.42. The SMILES string of the molecule is c1ccc(-c2ccn(-c3ncccn3)n2)cc1. The fourth-order valence-electron chi connectivity index (χ4n) is 1.61. The first-order chi connectivity index (χ1) is 8.43. The molecule has 3 aromatic rings. The standard InChI is InChI=1S/C13H10N4/c1-2-5-11(6-3-1)12-7-10-17(16-12)13-14-8-4-9-15-13/h1-10H. The van der Waals surface area contributed by atoms with Gasteiger partial charge in [0, 0.05) is 24.2 Å². The van der Waals surface area contributed by atoms with E-state index in [0.717, 1.165) is 11.3 Å². The van der Waals surface area contributed by atoms with Gasteiger partial charge in [-0.2, -0.15) is 5.10 Å². The van der Waals surface area contributed by atoms with E-state index in [1.807, 2.05) is 42.6 Å². The topological polar surface area (TPSA) is 43.6 Å². The minimum absolute atomic E-state index is 0.578. The van der Waals surface area contributed by atoms with Crippen LogP contribution in [0.25, 0.3) is 17.2 Å². The van der Waals surface area contributed by atoms with Crippen molar-refractivity contribution in [1.82, 2.24) is 19.7 Å². The van der Waals surface area contributed by atoms with Crippen molar-refractivity contribution in [1.29, 1.82) is 0 Å². The minimum Gasteiger partial charge on any atom is -0.220 e. The highest BCUT2D eigenvalue weighted by molar-refractivity contribution is 5.58. The third kappa shape index (κ3) is 1.92. The van der Waals surface area contributed by atoms with Gasteiger partial charge in [0.25, 0.3) is 0 Å². The highest BCUT2D eigenvalue weighted by Gasteiger charge is 2.03. The summed E-state index contributed by atoms with van der Waals surface area (Å²) >= 11 is 0. The first-order valence-electron chi connectivity index (χ1n) is 5.32. The molecule has 0 aliphatic carbocycles. The molecule has 0 fully saturated rings. The van der Waals surface area contributed by atoms with E-state index < -0.39 is 0 Å². The summed E-state index contributed by atoms with van der Waals surface area (Å²) in [7, 11) is 0. The molecule has 0 atom stereocenters. The molecule has 4 heteroatoms. The summed E-state index contributed by atoms with van der Waals surface area (Å²) in [6.07, 6.45) is 5.26. The molecule has 2 aromatic heterocycles. The molecular weight excluding hydrogens is 212 g/mol. The maximum absolute atomic E-state index is 4.44. The van der Waals surface area contributed by atoms with Crippen LogP contribution in [0.1, 0.15) is 0 Å². The first-order valence-corrected chi connectivity index (χ1v) is 5.32. The lowest BCUT2D eigenvalue weighted by atomic mass is 10.2. The monoisotopic (exact) mass is 222 g/mol. The Hall–Kier alpha value is -2.49. The molecule has 0 aliphatic rings. The van der Waals surface area contributed by atoms with Gasteiger partial charge < -0.3 is 0 Å². The number of aromatic nitrogens is 4. The first kappa shape index (κ1) is 9.72. The van der Waals surface area contributed by atoms with Crippen molar-refractivity contribution in [3.05, 3.63) is 61.1 Å². The van der Waals surface area contributed by atoms with Crippen molar-refractivity contribution in [2.24, 2.45) is 0 Å². The molecule has 0 spiro atoms. The van der Waals surface area contributed by atoms with E-state index in [0.29, 0.717) is 5.95 Å². The van der Waals surface area contributed by atoms with Crippen LogP contribution in [0.5, 0.6) is 0 Å². The van der Waals surface area contributed by atoms with Gasteiger partial charge in [-0.25, -0.2) is 14.6 Å². The molecule has 0 saturated heterocycles. The third-order valence-electron chi connectivity index (χ3n) is 2.42. The van der Waals surface area contributed by atoms with Crippen LogP contribution in [-0.2, 0) is 0 Å². The van der Waals surface area contributed by atoms with E-state index in [2.05, 4.69) is 15.1 Å². The van der Waals surface area contributed by atoms with Crippen LogP contribution in [0, 0.1) is 0 Å². The molecule has 0 radical (unpaired) electrons. The van der Waals surface area contributed by atoms with Gasteiger partial charge in [0.1, 0.15) is 0 Å². The number of rotatable bonds is 2. The Balaban J connectivity index is 1.99. The Labute approximate surface area is 98.6 Å². The van der Waals surface area contributed by atoms with E-state index in [1.165, 1.54) is 0 Å². The normalized spacial score (nSPS) is 10.4. The Kier molecular flexibility index (Phi) is 2.38. The lowest BCUT2D eigenvalue weighted by Gasteiger charge is -1.97. The molecule has 3 rings (SSSR count). The molecule has 0 bridgehead atoms. The Morgan fingerprint density at radius 3 is 2.35 bits per heavy atom.